The average Bonchev–Trinajstić information content (AvgIpc) is 2.29. The molecular formula is C9H16O3S. The molecule has 2 N–H and O–H groups in total. The Balaban J connectivity index is 0.000000184. The van der Waals surface area contributed by atoms with Gasteiger partial charge in [0.1, 0.15) is 0 Å². The van der Waals surface area contributed by atoms with Crippen molar-refractivity contribution in [3.8, 4) is 0 Å². The van der Waals surface area contributed by atoms with E-state index in [2.05, 4.69) is 11.8 Å². The number of hydrogen-bond acceptors (Lipinski definition) is 3. The van der Waals surface area contributed by atoms with Gasteiger partial charge in [0.25, 0.3) is 5.97 Å². The third kappa shape index (κ3) is 4.00. The summed E-state index contributed by atoms with van der Waals surface area (Å²) in [5.41, 5.74) is 0. The van der Waals surface area contributed by atoms with Crippen molar-refractivity contribution < 1.29 is 15.0 Å². The van der Waals surface area contributed by atoms with E-state index in [1.165, 1.54) is 12.8 Å². The van der Waals surface area contributed by atoms with Gasteiger partial charge in [-0.1, -0.05) is 0 Å². The van der Waals surface area contributed by atoms with Crippen molar-refractivity contribution in [2.45, 2.75) is 49.2 Å². The summed E-state index contributed by atoms with van der Waals surface area (Å²) >= 11 is 2.10. The molecule has 2 saturated heterocycles. The normalized spacial score (nSPS) is 36.3. The van der Waals surface area contributed by atoms with Crippen LogP contribution in [0.5, 0.6) is 0 Å². The van der Waals surface area contributed by atoms with E-state index in [-0.39, 0.29) is 6.10 Å². The molecular weight excluding hydrogens is 188 g/mol. The second-order valence-corrected chi connectivity index (χ2v) is 5.21. The fourth-order valence-electron chi connectivity index (χ4n) is 1.83. The maximum atomic E-state index is 9.28. The lowest BCUT2D eigenvalue weighted by molar-refractivity contribution is -0.134. The summed E-state index contributed by atoms with van der Waals surface area (Å²) in [6, 6.07) is 0. The van der Waals surface area contributed by atoms with E-state index in [1.54, 1.807) is 0 Å². The number of aliphatic carboxylic acids is 1. The van der Waals surface area contributed by atoms with Crippen LogP contribution in [0.3, 0.4) is 0 Å². The largest absolute Gasteiger partial charge is 0.481 e. The maximum Gasteiger partial charge on any atom is 0.300 e. The summed E-state index contributed by atoms with van der Waals surface area (Å²) in [6.07, 6.45) is 4.85. The molecule has 13 heavy (non-hydrogen) atoms. The lowest BCUT2D eigenvalue weighted by atomic mass is 10.1. The van der Waals surface area contributed by atoms with E-state index in [1.807, 2.05) is 0 Å². The molecule has 4 heteroatoms. The number of aliphatic hydroxyl groups is 1. The number of fused-ring (bicyclic) bond motifs is 2. The molecule has 0 aromatic rings. The minimum absolute atomic E-state index is 0.0312. The van der Waals surface area contributed by atoms with Crippen LogP contribution in [-0.4, -0.2) is 32.8 Å². The zero-order chi connectivity index (χ0) is 9.84. The molecule has 0 amide bonds. The molecule has 76 valence electrons. The van der Waals surface area contributed by atoms with Crippen LogP contribution in [0.1, 0.15) is 32.6 Å². The smallest absolute Gasteiger partial charge is 0.300 e. The molecule has 2 atom stereocenters. The predicted octanol–water partition coefficient (Wildman–Crippen LogP) is 1.50. The van der Waals surface area contributed by atoms with Gasteiger partial charge in [-0.2, -0.15) is 11.8 Å². The second-order valence-electron chi connectivity index (χ2n) is 3.60. The Bertz CT molecular complexity index is 168. The van der Waals surface area contributed by atoms with Crippen molar-refractivity contribution in [2.75, 3.05) is 0 Å². The van der Waals surface area contributed by atoms with E-state index in [0.717, 1.165) is 30.3 Å². The van der Waals surface area contributed by atoms with Crippen molar-refractivity contribution in [1.82, 2.24) is 0 Å². The molecule has 2 aliphatic heterocycles. The third-order valence-corrected chi connectivity index (χ3v) is 3.89. The van der Waals surface area contributed by atoms with Crippen molar-refractivity contribution in [3.05, 3.63) is 0 Å². The standard InChI is InChI=1S/C7H12OS.C2H4O2/c8-5-3-6-1-2-7(4-5)9-6;1-2(3)4/h5-8H,1-4H2;1H3,(H,3,4). The number of hydrogen-bond donors (Lipinski definition) is 2. The van der Waals surface area contributed by atoms with Gasteiger partial charge in [0.05, 0.1) is 6.10 Å². The van der Waals surface area contributed by atoms with Crippen molar-refractivity contribution >= 4 is 17.7 Å². The summed E-state index contributed by atoms with van der Waals surface area (Å²) in [5, 5.41) is 18.3. The van der Waals surface area contributed by atoms with Crippen LogP contribution in [0.15, 0.2) is 0 Å². The average molecular weight is 204 g/mol. The summed E-state index contributed by atoms with van der Waals surface area (Å²) in [6.45, 7) is 1.08. The van der Waals surface area contributed by atoms with Crippen molar-refractivity contribution in [1.29, 1.82) is 0 Å². The molecule has 2 unspecified atom stereocenters. The minimum Gasteiger partial charge on any atom is -0.481 e. The van der Waals surface area contributed by atoms with E-state index < -0.39 is 5.97 Å². The Labute approximate surface area is 82.5 Å². The lowest BCUT2D eigenvalue weighted by Gasteiger charge is -2.22. The SMILES string of the molecule is CC(=O)O.OC1CC2CCC(C1)S2. The first-order chi connectivity index (χ1) is 6.08. The first kappa shape index (κ1) is 10.9. The highest BCUT2D eigenvalue weighted by Crippen LogP contribution is 2.43. The topological polar surface area (TPSA) is 57.5 Å². The fourth-order valence-corrected chi connectivity index (χ4v) is 3.59. The monoisotopic (exact) mass is 204 g/mol. The fraction of sp³-hybridized carbons (Fsp3) is 0.889. The van der Waals surface area contributed by atoms with Crippen LogP contribution >= 0.6 is 11.8 Å². The Morgan fingerprint density at radius 3 is 2.08 bits per heavy atom. The number of rotatable bonds is 0. The number of aliphatic hydroxyl groups excluding tert-OH is 1. The highest BCUT2D eigenvalue weighted by Gasteiger charge is 2.33. The van der Waals surface area contributed by atoms with E-state index in [0.29, 0.717) is 0 Å². The van der Waals surface area contributed by atoms with Crippen LogP contribution in [0.4, 0.5) is 0 Å². The molecule has 2 bridgehead atoms. The van der Waals surface area contributed by atoms with E-state index >= 15 is 0 Å². The number of carboxylic acid groups (broad SMARTS) is 1. The molecule has 3 nitrogen and oxygen atoms in total. The van der Waals surface area contributed by atoms with Gasteiger partial charge in [0, 0.05) is 17.4 Å². The molecule has 2 aliphatic rings. The van der Waals surface area contributed by atoms with E-state index in [4.69, 9.17) is 9.90 Å². The Hall–Kier alpha value is -0.220. The van der Waals surface area contributed by atoms with Gasteiger partial charge in [-0.15, -0.1) is 0 Å². The summed E-state index contributed by atoms with van der Waals surface area (Å²) in [7, 11) is 0. The van der Waals surface area contributed by atoms with Crippen LogP contribution in [0, 0.1) is 0 Å². The van der Waals surface area contributed by atoms with E-state index in [9.17, 15) is 5.11 Å². The summed E-state index contributed by atoms with van der Waals surface area (Å²) in [4.78, 5) is 9.00. The van der Waals surface area contributed by atoms with Gasteiger partial charge in [-0.3, -0.25) is 4.79 Å². The Morgan fingerprint density at radius 1 is 1.31 bits per heavy atom. The van der Waals surface area contributed by atoms with Gasteiger partial charge < -0.3 is 10.2 Å². The Kier molecular flexibility index (Phi) is 4.06. The van der Waals surface area contributed by atoms with Gasteiger partial charge in [-0.05, 0) is 25.7 Å². The Morgan fingerprint density at radius 2 is 1.69 bits per heavy atom. The van der Waals surface area contributed by atoms with Crippen LogP contribution < -0.4 is 0 Å². The number of thioether (sulfide) groups is 1. The maximum absolute atomic E-state index is 9.28. The first-order valence-corrected chi connectivity index (χ1v) is 5.55. The molecule has 2 rings (SSSR count). The molecule has 0 aromatic heterocycles. The predicted molar refractivity (Wildman–Crippen MR) is 53.0 cm³/mol. The quantitative estimate of drug-likeness (QED) is 0.627. The molecule has 0 radical (unpaired) electrons. The van der Waals surface area contributed by atoms with Gasteiger partial charge in [0.2, 0.25) is 0 Å². The van der Waals surface area contributed by atoms with Crippen LogP contribution in [0.2, 0.25) is 0 Å². The lowest BCUT2D eigenvalue weighted by Crippen LogP contribution is -2.20. The van der Waals surface area contributed by atoms with Crippen molar-refractivity contribution in [2.24, 2.45) is 0 Å². The zero-order valence-electron chi connectivity index (χ0n) is 7.77. The molecule has 2 heterocycles. The second kappa shape index (κ2) is 4.86. The molecule has 0 spiro atoms. The van der Waals surface area contributed by atoms with Gasteiger partial charge >= 0.3 is 0 Å². The highest BCUT2D eigenvalue weighted by atomic mass is 32.2. The highest BCUT2D eigenvalue weighted by molar-refractivity contribution is 8.00. The zero-order valence-corrected chi connectivity index (χ0v) is 8.59. The minimum atomic E-state index is -0.833. The summed E-state index contributed by atoms with van der Waals surface area (Å²) in [5.74, 6) is -0.833. The van der Waals surface area contributed by atoms with Gasteiger partial charge in [-0.25, -0.2) is 0 Å². The number of carbonyl (C=O) groups is 1. The molecule has 0 saturated carbocycles. The third-order valence-electron chi connectivity index (χ3n) is 2.27. The molecule has 0 aliphatic carbocycles. The summed E-state index contributed by atoms with van der Waals surface area (Å²) < 4.78 is 0. The van der Waals surface area contributed by atoms with Gasteiger partial charge in [0.15, 0.2) is 0 Å². The van der Waals surface area contributed by atoms with Crippen molar-refractivity contribution in [3.63, 3.8) is 0 Å². The van der Waals surface area contributed by atoms with Crippen LogP contribution in [-0.2, 0) is 4.79 Å². The number of carboxylic acids is 1. The van der Waals surface area contributed by atoms with Crippen LogP contribution in [0.25, 0.3) is 0 Å². The first-order valence-electron chi connectivity index (χ1n) is 4.61. The molecule has 0 aromatic carbocycles. The molecule has 2 fully saturated rings.